The highest BCUT2D eigenvalue weighted by Crippen LogP contribution is 2.51. The topological polar surface area (TPSA) is 68.9 Å². The van der Waals surface area contributed by atoms with Crippen LogP contribution in [0, 0.1) is 11.3 Å². The van der Waals surface area contributed by atoms with Gasteiger partial charge in [-0.05, 0) is 48.8 Å². The first kappa shape index (κ1) is 18.7. The summed E-state index contributed by atoms with van der Waals surface area (Å²) in [6.45, 7) is 6.24. The van der Waals surface area contributed by atoms with Crippen LogP contribution in [0.15, 0.2) is 59.0 Å². The monoisotopic (exact) mass is 358 g/mol. The number of aliphatic carboxylic acids is 1. The van der Waals surface area contributed by atoms with Gasteiger partial charge in [-0.2, -0.15) is 0 Å². The molecule has 3 rings (SSSR count). The fraction of sp³-hybridized carbons (Fsp3) is 0.476. The van der Waals surface area contributed by atoms with Gasteiger partial charge in [-0.15, -0.1) is 0 Å². The molecule has 1 aliphatic heterocycles. The van der Waals surface area contributed by atoms with E-state index in [1.54, 1.807) is 25.7 Å². The van der Waals surface area contributed by atoms with E-state index in [4.69, 9.17) is 13.9 Å². The van der Waals surface area contributed by atoms with Gasteiger partial charge in [-0.25, -0.2) is 4.79 Å². The van der Waals surface area contributed by atoms with Crippen LogP contribution < -0.4 is 0 Å². The Morgan fingerprint density at radius 2 is 2.27 bits per heavy atom. The number of fused-ring (bicyclic) bond motifs is 1. The van der Waals surface area contributed by atoms with Crippen LogP contribution in [0.5, 0.6) is 0 Å². The van der Waals surface area contributed by atoms with Gasteiger partial charge in [-0.3, -0.25) is 0 Å². The molecule has 2 aliphatic rings. The molecule has 26 heavy (non-hydrogen) atoms. The van der Waals surface area contributed by atoms with Crippen LogP contribution in [0.4, 0.5) is 0 Å². The van der Waals surface area contributed by atoms with Crippen molar-refractivity contribution in [2.75, 3.05) is 7.11 Å². The summed E-state index contributed by atoms with van der Waals surface area (Å²) in [7, 11) is 1.66. The zero-order chi connectivity index (χ0) is 18.7. The summed E-state index contributed by atoms with van der Waals surface area (Å²) in [6.07, 6.45) is 11.5. The third kappa shape index (κ3) is 3.69. The minimum absolute atomic E-state index is 0.0355. The molecule has 140 valence electrons. The van der Waals surface area contributed by atoms with E-state index in [1.807, 2.05) is 18.2 Å². The minimum atomic E-state index is -0.939. The van der Waals surface area contributed by atoms with E-state index in [0.29, 0.717) is 12.0 Å². The van der Waals surface area contributed by atoms with E-state index >= 15 is 0 Å². The van der Waals surface area contributed by atoms with Gasteiger partial charge >= 0.3 is 5.97 Å². The number of hydrogen-bond donors (Lipinski definition) is 1. The number of ether oxygens (including phenoxy) is 2. The molecule has 2 heterocycles. The molecule has 4 unspecified atom stereocenters. The van der Waals surface area contributed by atoms with Gasteiger partial charge in [0.25, 0.3) is 0 Å². The summed E-state index contributed by atoms with van der Waals surface area (Å²) in [5.41, 5.74) is 1.89. The maximum absolute atomic E-state index is 11.4. The second-order valence-corrected chi connectivity index (χ2v) is 7.41. The van der Waals surface area contributed by atoms with Gasteiger partial charge in [0.1, 0.15) is 0 Å². The Labute approximate surface area is 154 Å². The molecule has 5 nitrogen and oxygen atoms in total. The van der Waals surface area contributed by atoms with Crippen LogP contribution >= 0.6 is 0 Å². The third-order valence-electron chi connectivity index (χ3n) is 5.67. The summed E-state index contributed by atoms with van der Waals surface area (Å²) in [5, 5.41) is 9.39. The molecule has 1 aromatic heterocycles. The van der Waals surface area contributed by atoms with E-state index < -0.39 is 5.97 Å². The van der Waals surface area contributed by atoms with E-state index in [0.717, 1.165) is 24.8 Å². The molecule has 5 heteroatoms. The first-order valence-corrected chi connectivity index (χ1v) is 8.93. The van der Waals surface area contributed by atoms with Crippen LogP contribution in [0.2, 0.25) is 0 Å². The van der Waals surface area contributed by atoms with Gasteiger partial charge in [-0.1, -0.05) is 25.7 Å². The summed E-state index contributed by atoms with van der Waals surface area (Å²) in [4.78, 5) is 11.4. The first-order valence-electron chi connectivity index (χ1n) is 8.93. The fourth-order valence-corrected chi connectivity index (χ4v) is 4.11. The maximum Gasteiger partial charge on any atom is 0.335 e. The molecular weight excluding hydrogens is 332 g/mol. The van der Waals surface area contributed by atoms with Crippen molar-refractivity contribution in [2.24, 2.45) is 11.3 Å². The molecule has 1 aliphatic carbocycles. The third-order valence-corrected chi connectivity index (χ3v) is 5.67. The van der Waals surface area contributed by atoms with Gasteiger partial charge in [0.2, 0.25) is 0 Å². The Balaban J connectivity index is 1.91. The molecule has 1 saturated heterocycles. The van der Waals surface area contributed by atoms with Crippen molar-refractivity contribution in [1.82, 2.24) is 0 Å². The Hall–Kier alpha value is -2.11. The standard InChI is InChI=1S/C21H26O5/c1-14-7-8-17-20(24-3)26-18(15-9-11-25-13-15)12-21(17,2)10-5-4-6-16(14)19(22)23/h4-6,9,11,13,17-18,20H,1,7-8,10,12H2,2-3H3,(H,22,23)/b5-4?,16-6+. The number of rotatable bonds is 3. The van der Waals surface area contributed by atoms with Crippen molar-refractivity contribution in [3.8, 4) is 0 Å². The quantitative estimate of drug-likeness (QED) is 0.852. The molecule has 0 amide bonds. The Bertz CT molecular complexity index is 715. The Morgan fingerprint density at radius 1 is 1.46 bits per heavy atom. The minimum Gasteiger partial charge on any atom is -0.478 e. The number of carboxylic acid groups (broad SMARTS) is 1. The number of hydrogen-bond acceptors (Lipinski definition) is 4. The number of carbonyl (C=O) groups is 1. The highest BCUT2D eigenvalue weighted by molar-refractivity contribution is 5.91. The van der Waals surface area contributed by atoms with Gasteiger partial charge in [0, 0.05) is 18.6 Å². The van der Waals surface area contributed by atoms with Crippen molar-refractivity contribution in [1.29, 1.82) is 0 Å². The fourth-order valence-electron chi connectivity index (χ4n) is 4.11. The second-order valence-electron chi connectivity index (χ2n) is 7.41. The zero-order valence-corrected chi connectivity index (χ0v) is 15.3. The molecule has 0 saturated carbocycles. The molecule has 1 N–H and O–H groups in total. The molecule has 0 bridgehead atoms. The summed E-state index contributed by atoms with van der Waals surface area (Å²) >= 11 is 0. The van der Waals surface area contributed by atoms with E-state index in [-0.39, 0.29) is 29.3 Å². The van der Waals surface area contributed by atoms with Crippen molar-refractivity contribution >= 4 is 5.97 Å². The van der Waals surface area contributed by atoms with Crippen LogP contribution in [0.3, 0.4) is 0 Å². The van der Waals surface area contributed by atoms with Crippen molar-refractivity contribution in [3.05, 3.63) is 60.1 Å². The SMILES string of the molecule is C=C1CCC2C(OC)OC(c3ccoc3)CC2(C)CC=C/C=C\1C(=O)O. The lowest BCUT2D eigenvalue weighted by atomic mass is 9.66. The van der Waals surface area contributed by atoms with Crippen LogP contribution in [0.1, 0.15) is 44.3 Å². The summed E-state index contributed by atoms with van der Waals surface area (Å²) in [6, 6.07) is 1.93. The number of methoxy groups -OCH3 is 1. The number of carboxylic acids is 1. The molecule has 0 radical (unpaired) electrons. The number of allylic oxidation sites excluding steroid dienone is 3. The predicted octanol–water partition coefficient (Wildman–Crippen LogP) is 4.64. The lowest BCUT2D eigenvalue weighted by Gasteiger charge is -2.48. The molecule has 4 atom stereocenters. The van der Waals surface area contributed by atoms with E-state index in [1.165, 1.54) is 0 Å². The second kappa shape index (κ2) is 7.64. The highest BCUT2D eigenvalue weighted by Gasteiger charge is 2.46. The van der Waals surface area contributed by atoms with E-state index in [9.17, 15) is 9.90 Å². The molecule has 1 aromatic rings. The Morgan fingerprint density at radius 3 is 2.92 bits per heavy atom. The zero-order valence-electron chi connectivity index (χ0n) is 15.3. The largest absolute Gasteiger partial charge is 0.478 e. The Kier molecular flexibility index (Phi) is 5.49. The van der Waals surface area contributed by atoms with Gasteiger partial charge < -0.3 is 19.0 Å². The lowest BCUT2D eigenvalue weighted by molar-refractivity contribution is -0.249. The van der Waals surface area contributed by atoms with Crippen LogP contribution in [-0.4, -0.2) is 24.5 Å². The molecule has 1 fully saturated rings. The van der Waals surface area contributed by atoms with Crippen molar-refractivity contribution in [3.63, 3.8) is 0 Å². The van der Waals surface area contributed by atoms with Crippen LogP contribution in [0.25, 0.3) is 0 Å². The van der Waals surface area contributed by atoms with Crippen molar-refractivity contribution in [2.45, 2.75) is 45.0 Å². The predicted molar refractivity (Wildman–Crippen MR) is 97.4 cm³/mol. The highest BCUT2D eigenvalue weighted by atomic mass is 16.7. The lowest BCUT2D eigenvalue weighted by Crippen LogP contribution is -2.45. The molecular formula is C21H26O5. The van der Waals surface area contributed by atoms with Gasteiger partial charge in [0.05, 0.1) is 24.2 Å². The maximum atomic E-state index is 11.4. The average Bonchev–Trinajstić information content (AvgIpc) is 3.13. The smallest absolute Gasteiger partial charge is 0.335 e. The molecule has 0 aromatic carbocycles. The van der Waals surface area contributed by atoms with Crippen LogP contribution in [-0.2, 0) is 14.3 Å². The normalized spacial score (nSPS) is 34.6. The first-order chi connectivity index (χ1) is 12.4. The number of furan rings is 1. The molecule has 0 spiro atoms. The average molecular weight is 358 g/mol. The van der Waals surface area contributed by atoms with Gasteiger partial charge in [0.15, 0.2) is 6.29 Å². The summed E-state index contributed by atoms with van der Waals surface area (Å²) in [5.74, 6) is -0.795. The van der Waals surface area contributed by atoms with Crippen molar-refractivity contribution < 1.29 is 23.8 Å². The van der Waals surface area contributed by atoms with E-state index in [2.05, 4.69) is 13.5 Å². The summed E-state index contributed by atoms with van der Waals surface area (Å²) < 4.78 is 17.1.